The van der Waals surface area contributed by atoms with Gasteiger partial charge in [-0.3, -0.25) is 4.98 Å². The van der Waals surface area contributed by atoms with Crippen molar-refractivity contribution in [1.29, 1.82) is 0 Å². The summed E-state index contributed by atoms with van der Waals surface area (Å²) in [6, 6.07) is 26.1. The average Bonchev–Trinajstić information content (AvgIpc) is 3.49. The van der Waals surface area contributed by atoms with Gasteiger partial charge in [0.1, 0.15) is 11.5 Å². The number of hydrogen-bond donors (Lipinski definition) is 1. The van der Waals surface area contributed by atoms with Gasteiger partial charge in [0.15, 0.2) is 5.11 Å². The lowest BCUT2D eigenvalue weighted by molar-refractivity contribution is 0.301. The molecule has 5 rings (SSSR count). The summed E-state index contributed by atoms with van der Waals surface area (Å²) in [6.45, 7) is 0.654. The van der Waals surface area contributed by atoms with E-state index >= 15 is 0 Å². The van der Waals surface area contributed by atoms with Crippen molar-refractivity contribution in [3.63, 3.8) is 0 Å². The number of benzene rings is 2. The van der Waals surface area contributed by atoms with Gasteiger partial charge in [0, 0.05) is 24.6 Å². The Balaban J connectivity index is 1.59. The third kappa shape index (κ3) is 4.10. The predicted molar refractivity (Wildman–Crippen MR) is 136 cm³/mol. The molecule has 0 radical (unpaired) electrons. The van der Waals surface area contributed by atoms with E-state index in [0.717, 1.165) is 34.1 Å². The smallest absolute Gasteiger partial charge is 0.170 e. The molecule has 0 amide bonds. The summed E-state index contributed by atoms with van der Waals surface area (Å²) in [4.78, 5) is 6.89. The lowest BCUT2D eigenvalue weighted by Crippen LogP contribution is -2.30. The van der Waals surface area contributed by atoms with E-state index < -0.39 is 0 Å². The average molecular weight is 471 g/mol. The SMILES string of the molecule is COc1ccc(CN2C(=S)N[C@H](c3ccccn3)[C@H]2c2cccn2-c2ccccc2OC)cc1. The molecular weight excluding hydrogens is 444 g/mol. The number of methoxy groups -OCH3 is 2. The molecule has 7 heteroatoms. The van der Waals surface area contributed by atoms with Crippen LogP contribution < -0.4 is 14.8 Å². The van der Waals surface area contributed by atoms with Gasteiger partial charge in [-0.1, -0.05) is 30.3 Å². The van der Waals surface area contributed by atoms with Gasteiger partial charge in [-0.2, -0.15) is 0 Å². The van der Waals surface area contributed by atoms with Gasteiger partial charge in [0.05, 0.1) is 37.7 Å². The molecule has 1 aliphatic rings. The van der Waals surface area contributed by atoms with Crippen LogP contribution in [0.5, 0.6) is 11.5 Å². The first-order valence-corrected chi connectivity index (χ1v) is 11.5. The summed E-state index contributed by atoms with van der Waals surface area (Å²) in [5.41, 5.74) is 4.17. The third-order valence-corrected chi connectivity index (χ3v) is 6.49. The minimum atomic E-state index is -0.102. The monoisotopic (exact) mass is 470 g/mol. The first-order chi connectivity index (χ1) is 16.7. The van der Waals surface area contributed by atoms with Crippen molar-refractivity contribution < 1.29 is 9.47 Å². The lowest BCUT2D eigenvalue weighted by atomic mass is 10.0. The molecule has 4 aromatic rings. The number of nitrogens with one attached hydrogen (secondary N) is 1. The van der Waals surface area contributed by atoms with E-state index in [4.69, 9.17) is 21.7 Å². The van der Waals surface area contributed by atoms with E-state index in [1.807, 2.05) is 54.7 Å². The number of aromatic nitrogens is 2. The molecular formula is C27H26N4O2S. The van der Waals surface area contributed by atoms with Crippen LogP contribution in [0.25, 0.3) is 5.69 Å². The highest BCUT2D eigenvalue weighted by Gasteiger charge is 2.41. The zero-order chi connectivity index (χ0) is 23.5. The quantitative estimate of drug-likeness (QED) is 0.381. The molecule has 6 nitrogen and oxygen atoms in total. The largest absolute Gasteiger partial charge is 0.497 e. The highest BCUT2D eigenvalue weighted by molar-refractivity contribution is 7.80. The highest BCUT2D eigenvalue weighted by atomic mass is 32.1. The number of ether oxygens (including phenoxy) is 2. The Bertz CT molecular complexity index is 1270. The van der Waals surface area contributed by atoms with Crippen LogP contribution >= 0.6 is 12.2 Å². The van der Waals surface area contributed by atoms with Gasteiger partial charge in [-0.15, -0.1) is 0 Å². The molecule has 0 spiro atoms. The van der Waals surface area contributed by atoms with E-state index in [-0.39, 0.29) is 12.1 Å². The summed E-state index contributed by atoms with van der Waals surface area (Å²) in [5.74, 6) is 1.64. The fraction of sp³-hybridized carbons (Fsp3) is 0.185. The maximum Gasteiger partial charge on any atom is 0.170 e. The molecule has 2 aromatic carbocycles. The second kappa shape index (κ2) is 9.57. The summed E-state index contributed by atoms with van der Waals surface area (Å²) < 4.78 is 13.2. The van der Waals surface area contributed by atoms with Crippen LogP contribution in [0.15, 0.2) is 91.3 Å². The highest BCUT2D eigenvalue weighted by Crippen LogP contribution is 2.41. The maximum atomic E-state index is 5.85. The van der Waals surface area contributed by atoms with Crippen LogP contribution in [0.2, 0.25) is 0 Å². The Morgan fingerprint density at radius 2 is 1.71 bits per heavy atom. The van der Waals surface area contributed by atoms with E-state index in [0.29, 0.717) is 11.7 Å². The molecule has 1 N–H and O–H groups in total. The van der Waals surface area contributed by atoms with Crippen LogP contribution in [-0.4, -0.2) is 33.8 Å². The summed E-state index contributed by atoms with van der Waals surface area (Å²) in [7, 11) is 3.37. The molecule has 0 aliphatic carbocycles. The topological polar surface area (TPSA) is 51.5 Å². The summed E-state index contributed by atoms with van der Waals surface area (Å²) >= 11 is 5.85. The predicted octanol–water partition coefficient (Wildman–Crippen LogP) is 5.06. The summed E-state index contributed by atoms with van der Waals surface area (Å²) in [6.07, 6.45) is 3.89. The lowest BCUT2D eigenvalue weighted by Gasteiger charge is -2.29. The molecule has 2 aromatic heterocycles. The van der Waals surface area contributed by atoms with Crippen molar-refractivity contribution in [2.45, 2.75) is 18.6 Å². The van der Waals surface area contributed by atoms with Crippen molar-refractivity contribution in [1.82, 2.24) is 19.8 Å². The first-order valence-electron chi connectivity index (χ1n) is 11.1. The zero-order valence-electron chi connectivity index (χ0n) is 19.1. The van der Waals surface area contributed by atoms with E-state index in [1.165, 1.54) is 0 Å². The Labute approximate surface area is 204 Å². The van der Waals surface area contributed by atoms with E-state index in [9.17, 15) is 0 Å². The molecule has 1 aliphatic heterocycles. The van der Waals surface area contributed by atoms with Crippen LogP contribution in [0.3, 0.4) is 0 Å². The molecule has 1 fully saturated rings. The van der Waals surface area contributed by atoms with Crippen molar-refractivity contribution in [3.05, 3.63) is 108 Å². The molecule has 172 valence electrons. The van der Waals surface area contributed by atoms with Crippen LogP contribution in [0, 0.1) is 0 Å². The summed E-state index contributed by atoms with van der Waals surface area (Å²) in [5, 5.41) is 4.23. The number of rotatable bonds is 7. The second-order valence-electron chi connectivity index (χ2n) is 8.08. The molecule has 0 saturated carbocycles. The zero-order valence-corrected chi connectivity index (χ0v) is 19.9. The van der Waals surface area contributed by atoms with Crippen molar-refractivity contribution in [3.8, 4) is 17.2 Å². The Hall–Kier alpha value is -3.84. The first kappa shape index (κ1) is 22.0. The van der Waals surface area contributed by atoms with E-state index in [1.54, 1.807) is 14.2 Å². The molecule has 0 bridgehead atoms. The van der Waals surface area contributed by atoms with Crippen LogP contribution in [0.4, 0.5) is 0 Å². The van der Waals surface area contributed by atoms with E-state index in [2.05, 4.69) is 56.3 Å². The van der Waals surface area contributed by atoms with Gasteiger partial charge in [0.25, 0.3) is 0 Å². The van der Waals surface area contributed by atoms with Crippen molar-refractivity contribution in [2.75, 3.05) is 14.2 Å². The van der Waals surface area contributed by atoms with Gasteiger partial charge in [0.2, 0.25) is 0 Å². The van der Waals surface area contributed by atoms with Gasteiger partial charge in [-0.25, -0.2) is 0 Å². The molecule has 0 unspecified atom stereocenters. The number of pyridine rings is 1. The van der Waals surface area contributed by atoms with Crippen LogP contribution in [0.1, 0.15) is 29.0 Å². The Kier molecular flexibility index (Phi) is 6.18. The Morgan fingerprint density at radius 3 is 2.44 bits per heavy atom. The van der Waals surface area contributed by atoms with Crippen LogP contribution in [-0.2, 0) is 6.54 Å². The second-order valence-corrected chi connectivity index (χ2v) is 8.46. The molecule has 1 saturated heterocycles. The fourth-order valence-electron chi connectivity index (χ4n) is 4.51. The standard InChI is InChI=1S/C27H26N4O2S/c1-32-20-14-12-19(13-15-20)18-31-26(25(29-27(31)34)21-8-5-6-16-28-21)23-10-7-17-30(23)22-9-3-4-11-24(22)33-2/h3-17,25-26H,18H2,1-2H3,(H,29,34)/t25-,26-/m1/s1. The number of para-hydroxylation sites is 2. The van der Waals surface area contributed by atoms with Crippen molar-refractivity contribution in [2.24, 2.45) is 0 Å². The van der Waals surface area contributed by atoms with Gasteiger partial charge in [-0.05, 0) is 66.3 Å². The number of nitrogens with zero attached hydrogens (tertiary/aromatic N) is 3. The van der Waals surface area contributed by atoms with Gasteiger partial charge >= 0.3 is 0 Å². The minimum Gasteiger partial charge on any atom is -0.497 e. The maximum absolute atomic E-state index is 5.85. The molecule has 34 heavy (non-hydrogen) atoms. The van der Waals surface area contributed by atoms with Gasteiger partial charge < -0.3 is 24.3 Å². The number of thiocarbonyl (C=S) groups is 1. The molecule has 3 heterocycles. The number of hydrogen-bond acceptors (Lipinski definition) is 4. The minimum absolute atomic E-state index is 0.0792. The Morgan fingerprint density at radius 1 is 0.912 bits per heavy atom. The third-order valence-electron chi connectivity index (χ3n) is 6.14. The normalized spacial score (nSPS) is 17.5. The molecule has 2 atom stereocenters. The fourth-order valence-corrected chi connectivity index (χ4v) is 4.81. The van der Waals surface area contributed by atoms with Crippen molar-refractivity contribution >= 4 is 17.3 Å².